The Hall–Kier alpha value is -4.28. The van der Waals surface area contributed by atoms with Crippen LogP contribution in [0.25, 0.3) is 0 Å². The number of carboxylic acids is 1. The third-order valence-electron chi connectivity index (χ3n) is 5.94. The monoisotopic (exact) mass is 539 g/mol. The summed E-state index contributed by atoms with van der Waals surface area (Å²) in [5, 5.41) is 28.6. The van der Waals surface area contributed by atoms with E-state index in [-0.39, 0.29) is 37.6 Å². The highest BCUT2D eigenvalue weighted by atomic mass is 16.6. The predicted octanol–water partition coefficient (Wildman–Crippen LogP) is 3.62. The fourth-order valence-electron chi connectivity index (χ4n) is 4.09. The summed E-state index contributed by atoms with van der Waals surface area (Å²) >= 11 is 0. The van der Waals surface area contributed by atoms with E-state index in [1.165, 1.54) is 6.07 Å². The summed E-state index contributed by atoms with van der Waals surface area (Å²) in [5.74, 6) is -0.0909. The highest BCUT2D eigenvalue weighted by Gasteiger charge is 2.19. The van der Waals surface area contributed by atoms with Crippen LogP contribution in [0.3, 0.4) is 0 Å². The van der Waals surface area contributed by atoms with Crippen LogP contribution in [0.5, 0.6) is 11.5 Å². The third kappa shape index (κ3) is 8.62. The molecule has 1 aliphatic rings. The number of nitrogens with one attached hydrogen (secondary N) is 3. The number of nitrogens with zero attached hydrogens (tertiary/aromatic N) is 1. The Labute approximate surface area is 228 Å². The first-order valence-corrected chi connectivity index (χ1v) is 12.9. The molecule has 3 rings (SSSR count). The number of carbonyl (C=O) groups excluding carboxylic acids is 1. The van der Waals surface area contributed by atoms with Crippen LogP contribution in [-0.4, -0.2) is 72.2 Å². The minimum Gasteiger partial charge on any atom is -0.489 e. The lowest BCUT2D eigenvalue weighted by atomic mass is 10.0. The Morgan fingerprint density at radius 3 is 2.31 bits per heavy atom. The second kappa shape index (κ2) is 13.0. The summed E-state index contributed by atoms with van der Waals surface area (Å²) in [7, 11) is 0. The molecule has 39 heavy (non-hydrogen) atoms. The zero-order valence-corrected chi connectivity index (χ0v) is 22.6. The van der Waals surface area contributed by atoms with Gasteiger partial charge in [-0.3, -0.25) is 10.8 Å². The number of carbonyl (C=O) groups is 2. The second-order valence-corrected chi connectivity index (χ2v) is 10.2. The average Bonchev–Trinajstić information content (AvgIpc) is 3.40. The summed E-state index contributed by atoms with van der Waals surface area (Å²) in [6, 6.07) is 9.76. The Bertz CT molecular complexity index is 1220. The molecule has 0 unspecified atom stereocenters. The van der Waals surface area contributed by atoms with Crippen LogP contribution < -0.4 is 20.5 Å². The van der Waals surface area contributed by atoms with E-state index in [1.54, 1.807) is 51.1 Å². The lowest BCUT2D eigenvalue weighted by Gasteiger charge is -2.20. The van der Waals surface area contributed by atoms with Crippen LogP contribution in [0.1, 0.15) is 60.7 Å². The molecule has 1 fully saturated rings. The van der Waals surface area contributed by atoms with Gasteiger partial charge in [-0.2, -0.15) is 0 Å². The number of benzene rings is 2. The van der Waals surface area contributed by atoms with Gasteiger partial charge in [-0.25, -0.2) is 9.59 Å². The van der Waals surface area contributed by atoms with Gasteiger partial charge < -0.3 is 35.3 Å². The fourth-order valence-corrected chi connectivity index (χ4v) is 4.09. The Morgan fingerprint density at radius 2 is 1.67 bits per heavy atom. The van der Waals surface area contributed by atoms with E-state index in [1.807, 2.05) is 4.90 Å². The van der Waals surface area contributed by atoms with Crippen molar-refractivity contribution in [3.05, 3.63) is 58.7 Å². The number of hydrogen-bond acceptors (Lipinski definition) is 7. The minimum atomic E-state index is -1.05. The molecule has 1 heterocycles. The molecule has 0 radical (unpaired) electrons. The van der Waals surface area contributed by atoms with Gasteiger partial charge in [-0.05, 0) is 69.5 Å². The normalized spacial score (nSPS) is 13.1. The van der Waals surface area contributed by atoms with Crippen molar-refractivity contribution in [3.8, 4) is 11.5 Å². The second-order valence-electron chi connectivity index (χ2n) is 10.2. The molecule has 1 aliphatic heterocycles. The number of likely N-dealkylation sites (tertiary alicyclic amines) is 1. The van der Waals surface area contributed by atoms with E-state index < -0.39 is 17.7 Å². The van der Waals surface area contributed by atoms with E-state index in [4.69, 9.17) is 30.8 Å². The number of nitrogen functional groups attached to an aromatic ring is 1. The number of alkyl carbamates (subject to hydrolysis) is 1. The number of hydrogen-bond donors (Lipinski definition) is 5. The van der Waals surface area contributed by atoms with Crippen molar-refractivity contribution >= 4 is 23.7 Å². The van der Waals surface area contributed by atoms with E-state index >= 15 is 0 Å². The number of aromatic carboxylic acids is 1. The van der Waals surface area contributed by atoms with Crippen LogP contribution in [0, 0.1) is 10.8 Å². The van der Waals surface area contributed by atoms with Crippen molar-refractivity contribution in [2.24, 2.45) is 5.73 Å². The van der Waals surface area contributed by atoms with Gasteiger partial charge in [-0.1, -0.05) is 6.07 Å². The minimum absolute atomic E-state index is 0.120. The van der Waals surface area contributed by atoms with Gasteiger partial charge in [-0.15, -0.1) is 0 Å². The molecule has 210 valence electrons. The van der Waals surface area contributed by atoms with Crippen LogP contribution in [0.2, 0.25) is 0 Å². The van der Waals surface area contributed by atoms with Gasteiger partial charge in [0.05, 0.1) is 18.7 Å². The van der Waals surface area contributed by atoms with Crippen LogP contribution in [0.15, 0.2) is 36.4 Å². The first-order valence-electron chi connectivity index (χ1n) is 12.9. The molecule has 2 aromatic carbocycles. The Kier molecular flexibility index (Phi) is 9.75. The molecule has 2 aromatic rings. The maximum atomic E-state index is 11.8. The number of nitrogens with two attached hydrogens (primary N) is 1. The predicted molar refractivity (Wildman–Crippen MR) is 147 cm³/mol. The summed E-state index contributed by atoms with van der Waals surface area (Å²) in [5.41, 5.74) is 6.84. The summed E-state index contributed by atoms with van der Waals surface area (Å²) in [6.45, 7) is 7.42. The maximum Gasteiger partial charge on any atom is 0.407 e. The van der Waals surface area contributed by atoms with E-state index in [9.17, 15) is 14.7 Å². The Morgan fingerprint density at radius 1 is 1.00 bits per heavy atom. The number of carboxylic acid groups (broad SMARTS) is 1. The molecule has 0 saturated carbocycles. The smallest absolute Gasteiger partial charge is 0.407 e. The van der Waals surface area contributed by atoms with Crippen molar-refractivity contribution < 1.29 is 28.9 Å². The highest BCUT2D eigenvalue weighted by Crippen LogP contribution is 2.29. The van der Waals surface area contributed by atoms with Gasteiger partial charge in [0, 0.05) is 30.6 Å². The van der Waals surface area contributed by atoms with Gasteiger partial charge >= 0.3 is 12.1 Å². The topological polar surface area (TPSA) is 171 Å². The van der Waals surface area contributed by atoms with Crippen molar-refractivity contribution in [2.45, 2.75) is 45.6 Å². The standard InChI is InChI=1S/C28H37N5O6/c1-28(2,3)39-27(36)32-11-15-38-22-9-7-19(24(29)30)17-23(22)37-14-10-18-16-20(6-8-21(18)26(34)35)25(31)33-12-4-5-13-33/h6-9,16-17,31H,4-5,10-15H2,1-3H3,(H3,29,30)(H,32,36)(H,34,35). The van der Waals surface area contributed by atoms with Crippen LogP contribution in [-0.2, 0) is 11.2 Å². The van der Waals surface area contributed by atoms with Crippen molar-refractivity contribution in [3.63, 3.8) is 0 Å². The van der Waals surface area contributed by atoms with Gasteiger partial charge in [0.1, 0.15) is 23.9 Å². The number of rotatable bonds is 11. The van der Waals surface area contributed by atoms with Gasteiger partial charge in [0.25, 0.3) is 0 Å². The molecular weight excluding hydrogens is 502 g/mol. The van der Waals surface area contributed by atoms with E-state index in [2.05, 4.69) is 5.32 Å². The third-order valence-corrected chi connectivity index (χ3v) is 5.94. The molecule has 11 nitrogen and oxygen atoms in total. The molecule has 0 aliphatic carbocycles. The molecule has 0 aromatic heterocycles. The summed E-state index contributed by atoms with van der Waals surface area (Å²) in [6.07, 6.45) is 1.80. The molecule has 1 saturated heterocycles. The average molecular weight is 540 g/mol. The molecule has 11 heteroatoms. The fraction of sp³-hybridized carbons (Fsp3) is 0.429. The molecule has 0 atom stereocenters. The van der Waals surface area contributed by atoms with Crippen LogP contribution >= 0.6 is 0 Å². The lowest BCUT2D eigenvalue weighted by molar-refractivity contribution is 0.0519. The number of amidine groups is 2. The SMILES string of the molecule is CC(C)(C)OC(=O)NCCOc1ccc(C(=N)N)cc1OCCc1cc(C(=N)N2CCCC2)ccc1C(=O)O. The van der Waals surface area contributed by atoms with Gasteiger partial charge in [0.2, 0.25) is 0 Å². The van der Waals surface area contributed by atoms with Crippen molar-refractivity contribution in [2.75, 3.05) is 32.8 Å². The van der Waals surface area contributed by atoms with E-state index in [0.717, 1.165) is 25.9 Å². The summed E-state index contributed by atoms with van der Waals surface area (Å²) < 4.78 is 17.0. The first kappa shape index (κ1) is 29.3. The molecular formula is C28H37N5O6. The molecule has 0 spiro atoms. The quantitative estimate of drug-likeness (QED) is 0.164. The molecule has 0 bridgehead atoms. The highest BCUT2D eigenvalue weighted by molar-refractivity contribution is 5.98. The molecule has 1 amide bonds. The zero-order chi connectivity index (χ0) is 28.6. The van der Waals surface area contributed by atoms with Crippen LogP contribution in [0.4, 0.5) is 4.79 Å². The molecule has 6 N–H and O–H groups in total. The number of ether oxygens (including phenoxy) is 3. The maximum absolute atomic E-state index is 11.8. The Balaban J connectivity index is 1.68. The van der Waals surface area contributed by atoms with Crippen molar-refractivity contribution in [1.29, 1.82) is 10.8 Å². The van der Waals surface area contributed by atoms with Crippen molar-refractivity contribution in [1.82, 2.24) is 10.2 Å². The lowest BCUT2D eigenvalue weighted by Crippen LogP contribution is -2.34. The van der Waals surface area contributed by atoms with E-state index in [0.29, 0.717) is 34.0 Å². The number of amides is 1. The first-order chi connectivity index (χ1) is 18.4. The summed E-state index contributed by atoms with van der Waals surface area (Å²) in [4.78, 5) is 25.7. The largest absolute Gasteiger partial charge is 0.489 e. The zero-order valence-electron chi connectivity index (χ0n) is 22.6. The van der Waals surface area contributed by atoms with Gasteiger partial charge in [0.15, 0.2) is 11.5 Å².